The summed E-state index contributed by atoms with van der Waals surface area (Å²) >= 11 is 0. The Hall–Kier alpha value is -2.71. The molecule has 2 N–H and O–H groups in total. The number of carbonyl (C=O) groups excluding carboxylic acids is 2. The highest BCUT2D eigenvalue weighted by molar-refractivity contribution is 5.91. The summed E-state index contributed by atoms with van der Waals surface area (Å²) in [7, 11) is 0. The Balaban J connectivity index is 1.33. The topological polar surface area (TPSA) is 115 Å². The van der Waals surface area contributed by atoms with Gasteiger partial charge in [-0.25, -0.2) is 4.63 Å². The molecule has 1 aliphatic rings. The molecule has 0 bridgehead atoms. The Morgan fingerprint density at radius 2 is 2.04 bits per heavy atom. The van der Waals surface area contributed by atoms with Gasteiger partial charge in [-0.2, -0.15) is 5.10 Å². The van der Waals surface area contributed by atoms with E-state index in [1.54, 1.807) is 0 Å². The highest BCUT2D eigenvalue weighted by Crippen LogP contribution is 2.24. The van der Waals surface area contributed by atoms with Crippen molar-refractivity contribution in [3.05, 3.63) is 29.3 Å². The fourth-order valence-corrected chi connectivity index (χ4v) is 3.51. The summed E-state index contributed by atoms with van der Waals surface area (Å²) in [5.74, 6) is -0.164. The number of rotatable bonds is 7. The standard InChI is InChI=1S/C18H26N6O3/c1-12-10-13(2)24(22-12)9-3-8-19-17(25)14-4-6-15(7-5-14)21-18(26)16-11-20-27-23-16/h10-11,14-15H,3-9H2,1-2H3,(H,19,25)(H,21,26). The molecule has 1 aliphatic carbocycles. The molecule has 0 aromatic carbocycles. The number of hydrogen-bond acceptors (Lipinski definition) is 6. The van der Waals surface area contributed by atoms with E-state index in [4.69, 9.17) is 0 Å². The van der Waals surface area contributed by atoms with E-state index in [0.29, 0.717) is 6.54 Å². The second-order valence-electron chi connectivity index (χ2n) is 7.11. The zero-order valence-corrected chi connectivity index (χ0v) is 15.8. The van der Waals surface area contributed by atoms with E-state index < -0.39 is 0 Å². The van der Waals surface area contributed by atoms with Crippen molar-refractivity contribution in [3.63, 3.8) is 0 Å². The first-order chi connectivity index (χ1) is 13.0. The van der Waals surface area contributed by atoms with Gasteiger partial charge in [0.05, 0.1) is 5.69 Å². The molecule has 2 aromatic heterocycles. The molecule has 9 heteroatoms. The van der Waals surface area contributed by atoms with Crippen molar-refractivity contribution >= 4 is 11.8 Å². The van der Waals surface area contributed by atoms with Gasteiger partial charge >= 0.3 is 0 Å². The molecule has 9 nitrogen and oxygen atoms in total. The van der Waals surface area contributed by atoms with Gasteiger partial charge in [0.2, 0.25) is 5.91 Å². The fraction of sp³-hybridized carbons (Fsp3) is 0.611. The summed E-state index contributed by atoms with van der Waals surface area (Å²) < 4.78 is 6.41. The molecule has 0 aliphatic heterocycles. The van der Waals surface area contributed by atoms with Crippen LogP contribution in [0.4, 0.5) is 0 Å². The van der Waals surface area contributed by atoms with Crippen molar-refractivity contribution in [1.82, 2.24) is 30.7 Å². The Bertz CT molecular complexity index is 762. The Kier molecular flexibility index (Phi) is 6.20. The number of hydrogen-bond donors (Lipinski definition) is 2. The van der Waals surface area contributed by atoms with Gasteiger partial charge in [-0.15, -0.1) is 0 Å². The maximum absolute atomic E-state index is 12.3. The molecule has 0 radical (unpaired) electrons. The van der Waals surface area contributed by atoms with Crippen LogP contribution in [0, 0.1) is 19.8 Å². The van der Waals surface area contributed by atoms with E-state index in [0.717, 1.165) is 50.0 Å². The number of aryl methyl sites for hydroxylation is 3. The third-order valence-electron chi connectivity index (χ3n) is 4.98. The van der Waals surface area contributed by atoms with Gasteiger partial charge < -0.3 is 10.6 Å². The molecule has 1 fully saturated rings. The molecule has 3 rings (SSSR count). The van der Waals surface area contributed by atoms with E-state index in [9.17, 15) is 9.59 Å². The van der Waals surface area contributed by atoms with Crippen molar-refractivity contribution in [1.29, 1.82) is 0 Å². The molecular formula is C18H26N6O3. The van der Waals surface area contributed by atoms with Crippen LogP contribution < -0.4 is 10.6 Å². The van der Waals surface area contributed by atoms with Gasteiger partial charge in [0, 0.05) is 30.7 Å². The van der Waals surface area contributed by atoms with Gasteiger partial charge in [0.1, 0.15) is 6.20 Å². The fourth-order valence-electron chi connectivity index (χ4n) is 3.51. The van der Waals surface area contributed by atoms with Crippen molar-refractivity contribution in [2.45, 2.75) is 58.5 Å². The molecule has 1 saturated carbocycles. The van der Waals surface area contributed by atoms with E-state index in [-0.39, 0.29) is 29.5 Å². The second kappa shape index (κ2) is 8.79. The highest BCUT2D eigenvalue weighted by Gasteiger charge is 2.27. The number of amides is 2. The first-order valence-electron chi connectivity index (χ1n) is 9.40. The molecule has 0 atom stereocenters. The van der Waals surface area contributed by atoms with Crippen LogP contribution in [0.3, 0.4) is 0 Å². The minimum Gasteiger partial charge on any atom is -0.356 e. The lowest BCUT2D eigenvalue weighted by molar-refractivity contribution is -0.126. The first-order valence-corrected chi connectivity index (χ1v) is 9.40. The predicted octanol–water partition coefficient (Wildman–Crippen LogP) is 1.38. The van der Waals surface area contributed by atoms with Crippen LogP contribution in [0.1, 0.15) is 54.0 Å². The lowest BCUT2D eigenvalue weighted by atomic mass is 9.85. The van der Waals surface area contributed by atoms with Gasteiger partial charge in [0.25, 0.3) is 5.91 Å². The molecule has 146 valence electrons. The summed E-state index contributed by atoms with van der Waals surface area (Å²) in [6, 6.07) is 2.11. The predicted molar refractivity (Wildman–Crippen MR) is 96.8 cm³/mol. The van der Waals surface area contributed by atoms with Gasteiger partial charge in [0.15, 0.2) is 5.69 Å². The molecule has 2 amide bonds. The average Bonchev–Trinajstić information content (AvgIpc) is 3.29. The van der Waals surface area contributed by atoms with Crippen LogP contribution in [-0.4, -0.2) is 44.5 Å². The number of carbonyl (C=O) groups is 2. The lowest BCUT2D eigenvalue weighted by Gasteiger charge is -2.28. The number of nitrogens with one attached hydrogen (secondary N) is 2. The Labute approximate surface area is 157 Å². The zero-order chi connectivity index (χ0) is 19.2. The third-order valence-corrected chi connectivity index (χ3v) is 4.98. The summed E-state index contributed by atoms with van der Waals surface area (Å²) in [5, 5.41) is 17.3. The van der Waals surface area contributed by atoms with E-state index in [1.165, 1.54) is 6.20 Å². The second-order valence-corrected chi connectivity index (χ2v) is 7.11. The largest absolute Gasteiger partial charge is 0.356 e. The van der Waals surface area contributed by atoms with Crippen molar-refractivity contribution < 1.29 is 14.2 Å². The highest BCUT2D eigenvalue weighted by atomic mass is 16.6. The molecule has 0 unspecified atom stereocenters. The first kappa shape index (κ1) is 19.1. The van der Waals surface area contributed by atoms with E-state index >= 15 is 0 Å². The van der Waals surface area contributed by atoms with Crippen LogP contribution in [-0.2, 0) is 11.3 Å². The monoisotopic (exact) mass is 374 g/mol. The summed E-state index contributed by atoms with van der Waals surface area (Å²) in [6.07, 6.45) is 5.24. The van der Waals surface area contributed by atoms with Gasteiger partial charge in [-0.3, -0.25) is 14.3 Å². The quantitative estimate of drug-likeness (QED) is 0.708. The molecule has 2 aromatic rings. The summed E-state index contributed by atoms with van der Waals surface area (Å²) in [5.41, 5.74) is 2.33. The van der Waals surface area contributed by atoms with Crippen molar-refractivity contribution in [2.75, 3.05) is 6.54 Å². The van der Waals surface area contributed by atoms with Crippen LogP contribution in [0.2, 0.25) is 0 Å². The van der Waals surface area contributed by atoms with Crippen LogP contribution in [0.5, 0.6) is 0 Å². The van der Waals surface area contributed by atoms with Crippen LogP contribution >= 0.6 is 0 Å². The minimum absolute atomic E-state index is 0.0144. The minimum atomic E-state index is -0.284. The van der Waals surface area contributed by atoms with Crippen molar-refractivity contribution in [2.24, 2.45) is 5.92 Å². The lowest BCUT2D eigenvalue weighted by Crippen LogP contribution is -2.41. The normalized spacial score (nSPS) is 19.6. The number of aromatic nitrogens is 4. The smallest absolute Gasteiger partial charge is 0.275 e. The van der Waals surface area contributed by atoms with Crippen LogP contribution in [0.25, 0.3) is 0 Å². The molecule has 0 saturated heterocycles. The maximum Gasteiger partial charge on any atom is 0.275 e. The average molecular weight is 374 g/mol. The SMILES string of the molecule is Cc1cc(C)n(CCCNC(=O)C2CCC(NC(=O)c3cnon3)CC2)n1. The molecule has 0 spiro atoms. The van der Waals surface area contributed by atoms with Gasteiger partial charge in [-0.1, -0.05) is 5.16 Å². The zero-order valence-electron chi connectivity index (χ0n) is 15.8. The maximum atomic E-state index is 12.3. The van der Waals surface area contributed by atoms with Gasteiger partial charge in [-0.05, 0) is 57.2 Å². The summed E-state index contributed by atoms with van der Waals surface area (Å²) in [4.78, 5) is 24.3. The number of nitrogens with zero attached hydrogens (tertiary/aromatic N) is 4. The van der Waals surface area contributed by atoms with Crippen molar-refractivity contribution in [3.8, 4) is 0 Å². The van der Waals surface area contributed by atoms with E-state index in [2.05, 4.69) is 36.7 Å². The van der Waals surface area contributed by atoms with E-state index in [1.807, 2.05) is 18.5 Å². The molecule has 2 heterocycles. The molecule has 27 heavy (non-hydrogen) atoms. The Morgan fingerprint density at radius 1 is 1.26 bits per heavy atom. The summed E-state index contributed by atoms with van der Waals surface area (Å²) in [6.45, 7) is 5.46. The van der Waals surface area contributed by atoms with Crippen LogP contribution in [0.15, 0.2) is 16.9 Å². The molecular weight excluding hydrogens is 348 g/mol. The third kappa shape index (κ3) is 5.15. The Morgan fingerprint density at radius 3 is 2.67 bits per heavy atom.